The number of carboxylic acid groups (broad SMARTS) is 1. The molecule has 1 unspecified atom stereocenters. The van der Waals surface area contributed by atoms with Crippen molar-refractivity contribution in [3.8, 4) is 0 Å². The maximum absolute atomic E-state index is 11.5. The average Bonchev–Trinajstić information content (AvgIpc) is 2.28. The second-order valence-corrected chi connectivity index (χ2v) is 4.67. The van der Waals surface area contributed by atoms with E-state index in [1.807, 2.05) is 25.7 Å². The van der Waals surface area contributed by atoms with Gasteiger partial charge in [-0.2, -0.15) is 0 Å². The van der Waals surface area contributed by atoms with Crippen LogP contribution in [-0.4, -0.2) is 42.4 Å². The fraction of sp³-hybridized carbons (Fsp3) is 0.571. The number of ether oxygens (including phenoxy) is 1. The Kier molecular flexibility index (Phi) is 5.30. The molecule has 1 heterocycles. The molecule has 1 aromatic heterocycles. The van der Waals surface area contributed by atoms with Crippen molar-refractivity contribution in [1.82, 2.24) is 4.98 Å². The van der Waals surface area contributed by atoms with Gasteiger partial charge in [0.2, 0.25) is 0 Å². The summed E-state index contributed by atoms with van der Waals surface area (Å²) in [5, 5.41) is 9.40. The minimum Gasteiger partial charge on any atom is -0.478 e. The molecule has 1 atom stereocenters. The molecule has 106 valence electrons. The van der Waals surface area contributed by atoms with Crippen molar-refractivity contribution in [3.05, 3.63) is 22.9 Å². The number of carboxylic acids is 1. The zero-order valence-corrected chi connectivity index (χ0v) is 12.2. The van der Waals surface area contributed by atoms with Crippen molar-refractivity contribution >= 4 is 11.8 Å². The Labute approximate surface area is 114 Å². The third-order valence-electron chi connectivity index (χ3n) is 3.09. The number of carbonyl (C=O) groups is 1. The minimum absolute atomic E-state index is 0.0711. The van der Waals surface area contributed by atoms with Gasteiger partial charge in [0.1, 0.15) is 11.4 Å². The molecule has 0 aliphatic heterocycles. The van der Waals surface area contributed by atoms with Crippen LogP contribution in [0.3, 0.4) is 0 Å². The lowest BCUT2D eigenvalue weighted by atomic mass is 10.1. The number of aromatic carboxylic acids is 1. The predicted octanol–water partition coefficient (Wildman–Crippen LogP) is 2.26. The highest BCUT2D eigenvalue weighted by Crippen LogP contribution is 2.24. The van der Waals surface area contributed by atoms with Crippen molar-refractivity contribution < 1.29 is 14.6 Å². The van der Waals surface area contributed by atoms with Gasteiger partial charge in [-0.3, -0.25) is 0 Å². The topological polar surface area (TPSA) is 62.7 Å². The first-order valence-corrected chi connectivity index (χ1v) is 6.39. The fourth-order valence-corrected chi connectivity index (χ4v) is 2.29. The van der Waals surface area contributed by atoms with E-state index in [0.717, 1.165) is 11.3 Å². The largest absolute Gasteiger partial charge is 0.478 e. The highest BCUT2D eigenvalue weighted by atomic mass is 16.5. The lowest BCUT2D eigenvalue weighted by Gasteiger charge is -2.30. The van der Waals surface area contributed by atoms with E-state index in [9.17, 15) is 9.90 Å². The first-order chi connectivity index (χ1) is 8.92. The molecule has 0 saturated carbocycles. The number of hydrogen-bond acceptors (Lipinski definition) is 4. The van der Waals surface area contributed by atoms with Gasteiger partial charge in [0.05, 0.1) is 12.6 Å². The van der Waals surface area contributed by atoms with Crippen LogP contribution in [0.15, 0.2) is 6.07 Å². The molecule has 0 aliphatic rings. The summed E-state index contributed by atoms with van der Waals surface area (Å²) in [4.78, 5) is 17.8. The third-order valence-corrected chi connectivity index (χ3v) is 3.09. The molecule has 0 saturated heterocycles. The molecule has 5 heteroatoms. The molecule has 0 fully saturated rings. The SMILES string of the molecule is CCN(c1nc(C)cc(C)c1C(=O)O)C(C)COC. The summed E-state index contributed by atoms with van der Waals surface area (Å²) in [6, 6.07) is 1.86. The van der Waals surface area contributed by atoms with Crippen LogP contribution in [0.1, 0.15) is 35.5 Å². The number of aryl methyl sites for hydroxylation is 2. The molecule has 0 spiro atoms. The van der Waals surface area contributed by atoms with Gasteiger partial charge >= 0.3 is 5.97 Å². The van der Waals surface area contributed by atoms with E-state index in [-0.39, 0.29) is 11.6 Å². The predicted molar refractivity (Wildman–Crippen MR) is 75.0 cm³/mol. The Bertz CT molecular complexity index is 460. The minimum atomic E-state index is -0.942. The van der Waals surface area contributed by atoms with Crippen LogP contribution in [0.5, 0.6) is 0 Å². The summed E-state index contributed by atoms with van der Waals surface area (Å²) in [7, 11) is 1.64. The quantitative estimate of drug-likeness (QED) is 0.855. The number of hydrogen-bond donors (Lipinski definition) is 1. The van der Waals surface area contributed by atoms with E-state index in [1.165, 1.54) is 0 Å². The van der Waals surface area contributed by atoms with E-state index < -0.39 is 5.97 Å². The number of methoxy groups -OCH3 is 1. The molecule has 1 rings (SSSR count). The van der Waals surface area contributed by atoms with Crippen LogP contribution in [-0.2, 0) is 4.74 Å². The molecular weight excluding hydrogens is 244 g/mol. The number of anilines is 1. The Morgan fingerprint density at radius 3 is 2.63 bits per heavy atom. The van der Waals surface area contributed by atoms with Crippen LogP contribution in [0.4, 0.5) is 5.82 Å². The average molecular weight is 266 g/mol. The van der Waals surface area contributed by atoms with Crippen LogP contribution in [0, 0.1) is 13.8 Å². The van der Waals surface area contributed by atoms with Crippen molar-refractivity contribution in [2.45, 2.75) is 33.7 Å². The number of aromatic nitrogens is 1. The standard InChI is InChI=1S/C14H22N2O3/c1-6-16(11(4)8-19-5)13-12(14(17)18)9(2)7-10(3)15-13/h7,11H,6,8H2,1-5H3,(H,17,18). The van der Waals surface area contributed by atoms with E-state index in [0.29, 0.717) is 19.0 Å². The molecular formula is C14H22N2O3. The number of likely N-dealkylation sites (N-methyl/N-ethyl adjacent to an activating group) is 1. The molecule has 0 radical (unpaired) electrons. The van der Waals surface area contributed by atoms with Gasteiger partial charge in [-0.15, -0.1) is 0 Å². The van der Waals surface area contributed by atoms with Gasteiger partial charge in [-0.1, -0.05) is 0 Å². The second kappa shape index (κ2) is 6.52. The summed E-state index contributed by atoms with van der Waals surface area (Å²) in [5.41, 5.74) is 1.83. The van der Waals surface area contributed by atoms with Crippen LogP contribution in [0.25, 0.3) is 0 Å². The number of pyridine rings is 1. The number of nitrogens with zero attached hydrogens (tertiary/aromatic N) is 2. The zero-order valence-electron chi connectivity index (χ0n) is 12.2. The molecule has 1 aromatic rings. The van der Waals surface area contributed by atoms with E-state index in [4.69, 9.17) is 4.74 Å². The summed E-state index contributed by atoms with van der Waals surface area (Å²) >= 11 is 0. The first kappa shape index (κ1) is 15.4. The molecule has 19 heavy (non-hydrogen) atoms. The van der Waals surface area contributed by atoms with Gasteiger partial charge in [-0.25, -0.2) is 9.78 Å². The maximum Gasteiger partial charge on any atom is 0.339 e. The van der Waals surface area contributed by atoms with Crippen LogP contribution >= 0.6 is 0 Å². The van der Waals surface area contributed by atoms with Crippen LogP contribution in [0.2, 0.25) is 0 Å². The van der Waals surface area contributed by atoms with Gasteiger partial charge in [0.15, 0.2) is 0 Å². The zero-order chi connectivity index (χ0) is 14.6. The Hall–Kier alpha value is -1.62. The van der Waals surface area contributed by atoms with E-state index in [2.05, 4.69) is 4.98 Å². The van der Waals surface area contributed by atoms with Gasteiger partial charge < -0.3 is 14.7 Å². The van der Waals surface area contributed by atoms with Crippen LogP contribution < -0.4 is 4.90 Å². The lowest BCUT2D eigenvalue weighted by molar-refractivity contribution is 0.0696. The molecule has 0 amide bonds. The molecule has 5 nitrogen and oxygen atoms in total. The Morgan fingerprint density at radius 2 is 2.16 bits per heavy atom. The monoisotopic (exact) mass is 266 g/mol. The van der Waals surface area contributed by atoms with Crippen molar-refractivity contribution in [1.29, 1.82) is 0 Å². The molecule has 0 aliphatic carbocycles. The highest BCUT2D eigenvalue weighted by Gasteiger charge is 2.23. The molecule has 0 bridgehead atoms. The first-order valence-electron chi connectivity index (χ1n) is 6.39. The second-order valence-electron chi connectivity index (χ2n) is 4.67. The van der Waals surface area contributed by atoms with Gasteiger partial charge in [-0.05, 0) is 39.3 Å². The van der Waals surface area contributed by atoms with E-state index in [1.54, 1.807) is 20.1 Å². The van der Waals surface area contributed by atoms with Gasteiger partial charge in [0, 0.05) is 19.3 Å². The Balaban J connectivity index is 3.33. The fourth-order valence-electron chi connectivity index (χ4n) is 2.29. The van der Waals surface area contributed by atoms with Crippen molar-refractivity contribution in [3.63, 3.8) is 0 Å². The molecule has 1 N–H and O–H groups in total. The Morgan fingerprint density at radius 1 is 1.53 bits per heavy atom. The highest BCUT2D eigenvalue weighted by molar-refractivity contribution is 5.95. The lowest BCUT2D eigenvalue weighted by Crippen LogP contribution is -2.38. The van der Waals surface area contributed by atoms with Crippen molar-refractivity contribution in [2.75, 3.05) is 25.2 Å². The van der Waals surface area contributed by atoms with Gasteiger partial charge in [0.25, 0.3) is 0 Å². The summed E-state index contributed by atoms with van der Waals surface area (Å²) in [6.45, 7) is 8.87. The smallest absolute Gasteiger partial charge is 0.339 e. The molecule has 0 aromatic carbocycles. The van der Waals surface area contributed by atoms with E-state index >= 15 is 0 Å². The summed E-state index contributed by atoms with van der Waals surface area (Å²) < 4.78 is 5.15. The third kappa shape index (κ3) is 3.44. The summed E-state index contributed by atoms with van der Waals surface area (Å²) in [6.07, 6.45) is 0. The van der Waals surface area contributed by atoms with Crippen molar-refractivity contribution in [2.24, 2.45) is 0 Å². The normalized spacial score (nSPS) is 12.3. The number of rotatable bonds is 6. The maximum atomic E-state index is 11.5. The summed E-state index contributed by atoms with van der Waals surface area (Å²) in [5.74, 6) is -0.417.